The fourth-order valence-corrected chi connectivity index (χ4v) is 3.74. The molecule has 1 atom stereocenters. The van der Waals surface area contributed by atoms with Crippen molar-refractivity contribution in [2.24, 2.45) is 5.92 Å². The van der Waals surface area contributed by atoms with Crippen LogP contribution in [0.5, 0.6) is 0 Å². The van der Waals surface area contributed by atoms with Crippen molar-refractivity contribution in [2.45, 2.75) is 11.3 Å². The van der Waals surface area contributed by atoms with Crippen LogP contribution in [0.3, 0.4) is 0 Å². The fraction of sp³-hybridized carbons (Fsp3) is 0.583. The van der Waals surface area contributed by atoms with Gasteiger partial charge < -0.3 is 10.6 Å². The van der Waals surface area contributed by atoms with E-state index < -0.39 is 10.0 Å². The lowest BCUT2D eigenvalue weighted by molar-refractivity contribution is 0.357. The molecule has 2 N–H and O–H groups in total. The largest absolute Gasteiger partial charge is 0.383 e. The summed E-state index contributed by atoms with van der Waals surface area (Å²) in [6, 6.07) is 3.08. The molecule has 0 aliphatic carbocycles. The van der Waals surface area contributed by atoms with Crippen molar-refractivity contribution in [1.82, 2.24) is 14.2 Å². The van der Waals surface area contributed by atoms with Crippen LogP contribution in [-0.2, 0) is 10.0 Å². The molecular formula is C12H20N4O2S. The van der Waals surface area contributed by atoms with E-state index >= 15 is 0 Å². The minimum atomic E-state index is -3.55. The number of hydrogen-bond donors (Lipinski definition) is 1. The Balaban J connectivity index is 2.14. The molecule has 0 saturated carbocycles. The summed E-state index contributed by atoms with van der Waals surface area (Å²) in [6.07, 6.45) is 2.51. The molecule has 1 saturated heterocycles. The Labute approximate surface area is 114 Å². The predicted octanol–water partition coefficient (Wildman–Crippen LogP) is 0.236. The molecule has 1 aliphatic rings. The van der Waals surface area contributed by atoms with Gasteiger partial charge in [0.15, 0.2) is 0 Å². The molecule has 1 unspecified atom stereocenters. The number of pyridine rings is 1. The normalized spacial score (nSPS) is 21.1. The topological polar surface area (TPSA) is 79.5 Å². The molecule has 0 bridgehead atoms. The van der Waals surface area contributed by atoms with Gasteiger partial charge in [-0.05, 0) is 38.1 Å². The Morgan fingerprint density at radius 2 is 2.32 bits per heavy atom. The van der Waals surface area contributed by atoms with Gasteiger partial charge in [0.05, 0.1) is 0 Å². The van der Waals surface area contributed by atoms with Crippen molar-refractivity contribution in [3.8, 4) is 0 Å². The van der Waals surface area contributed by atoms with Crippen molar-refractivity contribution in [2.75, 3.05) is 39.5 Å². The minimum absolute atomic E-state index is 0.0536. The van der Waals surface area contributed by atoms with Gasteiger partial charge in [-0.1, -0.05) is 0 Å². The number of rotatable bonds is 4. The molecule has 0 spiro atoms. The maximum absolute atomic E-state index is 12.4. The van der Waals surface area contributed by atoms with Gasteiger partial charge >= 0.3 is 0 Å². The number of nitrogens with two attached hydrogens (primary N) is 1. The Kier molecular flexibility index (Phi) is 4.07. The van der Waals surface area contributed by atoms with Crippen LogP contribution in [0.4, 0.5) is 5.82 Å². The van der Waals surface area contributed by atoms with Crippen LogP contribution in [-0.4, -0.2) is 56.3 Å². The molecular weight excluding hydrogens is 264 g/mol. The van der Waals surface area contributed by atoms with Crippen LogP contribution < -0.4 is 5.73 Å². The van der Waals surface area contributed by atoms with Gasteiger partial charge in [0.25, 0.3) is 0 Å². The molecule has 1 aromatic rings. The lowest BCUT2D eigenvalue weighted by Crippen LogP contribution is -2.33. The maximum Gasteiger partial charge on any atom is 0.246 e. The Bertz CT molecular complexity index is 546. The number of likely N-dealkylation sites (tertiary alicyclic amines) is 1. The van der Waals surface area contributed by atoms with Gasteiger partial charge in [-0.2, -0.15) is 0 Å². The number of hydrogen-bond acceptors (Lipinski definition) is 5. The number of aromatic nitrogens is 1. The van der Waals surface area contributed by atoms with E-state index in [1.807, 2.05) is 7.05 Å². The fourth-order valence-electron chi connectivity index (χ4n) is 2.43. The second kappa shape index (κ2) is 5.44. The lowest BCUT2D eigenvalue weighted by atomic mass is 10.1. The number of nitrogen functional groups attached to an aromatic ring is 1. The van der Waals surface area contributed by atoms with Crippen LogP contribution in [0.2, 0.25) is 0 Å². The lowest BCUT2D eigenvalue weighted by Gasteiger charge is -2.21. The molecule has 2 heterocycles. The smallest absolute Gasteiger partial charge is 0.246 e. The highest BCUT2D eigenvalue weighted by Gasteiger charge is 2.28. The third-order valence-corrected chi connectivity index (χ3v) is 5.36. The van der Waals surface area contributed by atoms with Gasteiger partial charge in [0.1, 0.15) is 10.7 Å². The standard InChI is InChI=1S/C12H20N4O2S/c1-15-7-5-10(8-15)9-16(2)19(17,18)11-4-3-6-14-12(11)13/h3-4,6,10H,5,7-9H2,1-2H3,(H2,13,14). The molecule has 2 rings (SSSR count). The van der Waals surface area contributed by atoms with Crippen molar-refractivity contribution in [1.29, 1.82) is 0 Å². The molecule has 106 valence electrons. The van der Waals surface area contributed by atoms with Crippen LogP contribution in [0, 0.1) is 5.92 Å². The molecule has 6 nitrogen and oxygen atoms in total. The summed E-state index contributed by atoms with van der Waals surface area (Å²) in [7, 11) is 0.0992. The van der Waals surface area contributed by atoms with Crippen LogP contribution >= 0.6 is 0 Å². The van der Waals surface area contributed by atoms with Gasteiger partial charge in [0, 0.05) is 26.3 Å². The van der Waals surface area contributed by atoms with Crippen molar-refractivity contribution < 1.29 is 8.42 Å². The Morgan fingerprint density at radius 1 is 1.58 bits per heavy atom. The molecule has 1 aromatic heterocycles. The second-order valence-electron chi connectivity index (χ2n) is 5.09. The zero-order valence-corrected chi connectivity index (χ0v) is 12.1. The molecule has 0 amide bonds. The van der Waals surface area contributed by atoms with Gasteiger partial charge in [0.2, 0.25) is 10.0 Å². The summed E-state index contributed by atoms with van der Waals surface area (Å²) < 4.78 is 26.2. The predicted molar refractivity (Wildman–Crippen MR) is 74.1 cm³/mol. The summed E-state index contributed by atoms with van der Waals surface area (Å²) in [5.74, 6) is 0.431. The third-order valence-electron chi connectivity index (χ3n) is 3.49. The van der Waals surface area contributed by atoms with Crippen LogP contribution in [0.15, 0.2) is 23.2 Å². The summed E-state index contributed by atoms with van der Waals surface area (Å²) in [6.45, 7) is 2.47. The number of nitrogens with zero attached hydrogens (tertiary/aromatic N) is 3. The van der Waals surface area contributed by atoms with Gasteiger partial charge in [-0.3, -0.25) is 0 Å². The van der Waals surface area contributed by atoms with E-state index in [9.17, 15) is 8.42 Å². The zero-order chi connectivity index (χ0) is 14.0. The first kappa shape index (κ1) is 14.2. The zero-order valence-electron chi connectivity index (χ0n) is 11.3. The average molecular weight is 284 g/mol. The summed E-state index contributed by atoms with van der Waals surface area (Å²) in [4.78, 5) is 6.13. The second-order valence-corrected chi connectivity index (χ2v) is 7.10. The summed E-state index contributed by atoms with van der Waals surface area (Å²) in [5, 5.41) is 0. The molecule has 1 fully saturated rings. The molecule has 1 aliphatic heterocycles. The maximum atomic E-state index is 12.4. The first-order valence-corrected chi connectivity index (χ1v) is 7.70. The van der Waals surface area contributed by atoms with Crippen molar-refractivity contribution in [3.05, 3.63) is 18.3 Å². The van der Waals surface area contributed by atoms with E-state index in [0.29, 0.717) is 12.5 Å². The average Bonchev–Trinajstić information content (AvgIpc) is 2.75. The quantitative estimate of drug-likeness (QED) is 0.856. The molecule has 0 radical (unpaired) electrons. The SMILES string of the molecule is CN1CCC(CN(C)S(=O)(=O)c2cccnc2N)C1. The molecule has 19 heavy (non-hydrogen) atoms. The van der Waals surface area contributed by atoms with Crippen LogP contribution in [0.25, 0.3) is 0 Å². The van der Waals surface area contributed by atoms with E-state index in [0.717, 1.165) is 19.5 Å². The first-order valence-electron chi connectivity index (χ1n) is 6.26. The van der Waals surface area contributed by atoms with E-state index in [4.69, 9.17) is 5.73 Å². The molecule has 7 heteroatoms. The van der Waals surface area contributed by atoms with Gasteiger partial charge in [-0.15, -0.1) is 0 Å². The number of anilines is 1. The van der Waals surface area contributed by atoms with E-state index in [1.54, 1.807) is 13.1 Å². The summed E-state index contributed by atoms with van der Waals surface area (Å²) >= 11 is 0. The monoisotopic (exact) mass is 284 g/mol. The van der Waals surface area contributed by atoms with Crippen molar-refractivity contribution >= 4 is 15.8 Å². The molecule has 0 aromatic carbocycles. The first-order chi connectivity index (χ1) is 8.91. The Hall–Kier alpha value is -1.18. The van der Waals surface area contributed by atoms with E-state index in [-0.39, 0.29) is 10.7 Å². The van der Waals surface area contributed by atoms with E-state index in [2.05, 4.69) is 9.88 Å². The highest BCUT2D eigenvalue weighted by atomic mass is 32.2. The Morgan fingerprint density at radius 3 is 2.89 bits per heavy atom. The highest BCUT2D eigenvalue weighted by molar-refractivity contribution is 7.89. The van der Waals surface area contributed by atoms with E-state index in [1.165, 1.54) is 16.6 Å². The minimum Gasteiger partial charge on any atom is -0.383 e. The summed E-state index contributed by atoms with van der Waals surface area (Å²) in [5.41, 5.74) is 5.65. The third kappa shape index (κ3) is 3.05. The number of sulfonamides is 1. The van der Waals surface area contributed by atoms with Gasteiger partial charge in [-0.25, -0.2) is 17.7 Å². The van der Waals surface area contributed by atoms with Crippen molar-refractivity contribution in [3.63, 3.8) is 0 Å². The van der Waals surface area contributed by atoms with Crippen LogP contribution in [0.1, 0.15) is 6.42 Å². The highest BCUT2D eigenvalue weighted by Crippen LogP contribution is 2.22.